The van der Waals surface area contributed by atoms with Crippen molar-refractivity contribution in [1.82, 2.24) is 14.5 Å². The van der Waals surface area contributed by atoms with E-state index in [4.69, 9.17) is 4.74 Å². The van der Waals surface area contributed by atoms with E-state index in [-0.39, 0.29) is 6.04 Å². The molecule has 0 amide bonds. The number of ether oxygens (including phenoxy) is 1. The summed E-state index contributed by atoms with van der Waals surface area (Å²) in [7, 11) is 1.70. The van der Waals surface area contributed by atoms with Crippen LogP contribution in [-0.2, 0) is 11.3 Å². The normalized spacial score (nSPS) is 12.6. The van der Waals surface area contributed by atoms with Crippen LogP contribution in [0.5, 0.6) is 0 Å². The topological polar surface area (TPSA) is 52.0 Å². The molecule has 2 aromatic heterocycles. The fraction of sp³-hybridized carbons (Fsp3) is 0.538. The van der Waals surface area contributed by atoms with Gasteiger partial charge in [0.15, 0.2) is 0 Å². The van der Waals surface area contributed by atoms with Gasteiger partial charge in [-0.15, -0.1) is 11.3 Å². The molecule has 0 radical (unpaired) electrons. The van der Waals surface area contributed by atoms with Gasteiger partial charge >= 0.3 is 0 Å². The van der Waals surface area contributed by atoms with Crippen LogP contribution in [0.2, 0.25) is 0 Å². The third kappa shape index (κ3) is 3.78. The first-order valence-electron chi connectivity index (χ1n) is 6.29. The molecule has 0 bridgehead atoms. The standard InChI is InChI=1S/C13H20N4OS/c1-9-6-17(7-12-5-14-11(3)19-12)13(15-9)16-10(2)8-18-4/h5-6,10H,7-8H2,1-4H3,(H,15,16). The largest absolute Gasteiger partial charge is 0.383 e. The van der Waals surface area contributed by atoms with E-state index in [1.54, 1.807) is 18.4 Å². The van der Waals surface area contributed by atoms with Crippen LogP contribution in [0.15, 0.2) is 12.4 Å². The van der Waals surface area contributed by atoms with Crippen molar-refractivity contribution in [2.45, 2.75) is 33.4 Å². The van der Waals surface area contributed by atoms with Crippen LogP contribution >= 0.6 is 11.3 Å². The number of methoxy groups -OCH3 is 1. The Kier molecular flexibility index (Phi) is 4.55. The number of nitrogens with one attached hydrogen (secondary N) is 1. The molecule has 0 aliphatic heterocycles. The molecular weight excluding hydrogens is 260 g/mol. The monoisotopic (exact) mass is 280 g/mol. The molecule has 0 spiro atoms. The quantitative estimate of drug-likeness (QED) is 0.883. The Morgan fingerprint density at radius 2 is 2.26 bits per heavy atom. The van der Waals surface area contributed by atoms with Crippen LogP contribution < -0.4 is 5.32 Å². The Morgan fingerprint density at radius 1 is 1.47 bits per heavy atom. The van der Waals surface area contributed by atoms with Gasteiger partial charge in [0.1, 0.15) is 0 Å². The number of rotatable bonds is 6. The summed E-state index contributed by atoms with van der Waals surface area (Å²) in [6.45, 7) is 7.56. The Labute approximate surface area is 117 Å². The van der Waals surface area contributed by atoms with Crippen molar-refractivity contribution >= 4 is 17.3 Å². The molecule has 2 rings (SSSR count). The van der Waals surface area contributed by atoms with Crippen molar-refractivity contribution in [2.75, 3.05) is 19.0 Å². The fourth-order valence-corrected chi connectivity index (χ4v) is 2.73. The molecule has 2 heterocycles. The van der Waals surface area contributed by atoms with Crippen molar-refractivity contribution in [3.8, 4) is 0 Å². The zero-order valence-electron chi connectivity index (χ0n) is 11.8. The Balaban J connectivity index is 2.11. The number of hydrogen-bond acceptors (Lipinski definition) is 5. The number of aromatic nitrogens is 3. The van der Waals surface area contributed by atoms with E-state index in [9.17, 15) is 0 Å². The van der Waals surface area contributed by atoms with E-state index in [2.05, 4.69) is 33.0 Å². The lowest BCUT2D eigenvalue weighted by Crippen LogP contribution is -2.23. The average Bonchev–Trinajstić information content (AvgIpc) is 2.87. The van der Waals surface area contributed by atoms with Crippen LogP contribution in [0, 0.1) is 13.8 Å². The minimum atomic E-state index is 0.230. The summed E-state index contributed by atoms with van der Waals surface area (Å²) in [6, 6.07) is 0.230. The first kappa shape index (κ1) is 14.0. The lowest BCUT2D eigenvalue weighted by molar-refractivity contribution is 0.190. The molecule has 0 saturated carbocycles. The van der Waals surface area contributed by atoms with Gasteiger partial charge in [-0.3, -0.25) is 0 Å². The maximum Gasteiger partial charge on any atom is 0.203 e. The van der Waals surface area contributed by atoms with Crippen LogP contribution in [0.4, 0.5) is 5.95 Å². The zero-order chi connectivity index (χ0) is 13.8. The van der Waals surface area contributed by atoms with Gasteiger partial charge in [-0.2, -0.15) is 0 Å². The molecule has 1 N–H and O–H groups in total. The van der Waals surface area contributed by atoms with Gasteiger partial charge in [0.25, 0.3) is 0 Å². The third-order valence-electron chi connectivity index (χ3n) is 2.68. The number of anilines is 1. The number of aryl methyl sites for hydroxylation is 2. The van der Waals surface area contributed by atoms with E-state index in [1.165, 1.54) is 4.88 Å². The third-order valence-corrected chi connectivity index (χ3v) is 3.58. The second-order valence-electron chi connectivity index (χ2n) is 4.68. The van der Waals surface area contributed by atoms with Gasteiger partial charge < -0.3 is 14.6 Å². The Bertz CT molecular complexity index is 534. The molecule has 5 nitrogen and oxygen atoms in total. The van der Waals surface area contributed by atoms with Gasteiger partial charge in [-0.1, -0.05) is 0 Å². The molecule has 0 aliphatic carbocycles. The van der Waals surface area contributed by atoms with Crippen LogP contribution in [0.25, 0.3) is 0 Å². The minimum absolute atomic E-state index is 0.230. The highest BCUT2D eigenvalue weighted by atomic mass is 32.1. The summed E-state index contributed by atoms with van der Waals surface area (Å²) in [6.07, 6.45) is 3.98. The maximum absolute atomic E-state index is 5.14. The van der Waals surface area contributed by atoms with Crippen molar-refractivity contribution < 1.29 is 4.74 Å². The number of imidazole rings is 1. The van der Waals surface area contributed by atoms with E-state index >= 15 is 0 Å². The SMILES string of the molecule is COCC(C)Nc1nc(C)cn1Cc1cnc(C)s1. The number of nitrogens with zero attached hydrogens (tertiary/aromatic N) is 3. The smallest absolute Gasteiger partial charge is 0.203 e. The molecule has 1 unspecified atom stereocenters. The van der Waals surface area contributed by atoms with E-state index in [0.29, 0.717) is 6.61 Å². The lowest BCUT2D eigenvalue weighted by Gasteiger charge is -2.14. The molecule has 104 valence electrons. The van der Waals surface area contributed by atoms with Gasteiger partial charge in [-0.25, -0.2) is 9.97 Å². The molecule has 2 aromatic rings. The molecule has 1 atom stereocenters. The minimum Gasteiger partial charge on any atom is -0.383 e. The molecule has 0 aromatic carbocycles. The summed E-state index contributed by atoms with van der Waals surface area (Å²) in [4.78, 5) is 10.0. The highest BCUT2D eigenvalue weighted by Gasteiger charge is 2.10. The van der Waals surface area contributed by atoms with Crippen LogP contribution in [0.3, 0.4) is 0 Å². The van der Waals surface area contributed by atoms with Crippen molar-refractivity contribution in [3.63, 3.8) is 0 Å². The number of hydrogen-bond donors (Lipinski definition) is 1. The molecule has 19 heavy (non-hydrogen) atoms. The van der Waals surface area contributed by atoms with Gasteiger partial charge in [0.05, 0.1) is 23.9 Å². The second kappa shape index (κ2) is 6.16. The van der Waals surface area contributed by atoms with Gasteiger partial charge in [0.2, 0.25) is 5.95 Å². The Morgan fingerprint density at radius 3 is 2.89 bits per heavy atom. The summed E-state index contributed by atoms with van der Waals surface area (Å²) in [5, 5.41) is 4.46. The van der Waals surface area contributed by atoms with Crippen molar-refractivity contribution in [1.29, 1.82) is 0 Å². The van der Waals surface area contributed by atoms with E-state index in [0.717, 1.165) is 23.2 Å². The summed E-state index contributed by atoms with van der Waals surface area (Å²) in [5.41, 5.74) is 1.01. The predicted octanol–water partition coefficient (Wildman–Crippen LogP) is 2.45. The van der Waals surface area contributed by atoms with Gasteiger partial charge in [-0.05, 0) is 20.8 Å². The molecule has 6 heteroatoms. The molecule has 0 aliphatic rings. The highest BCUT2D eigenvalue weighted by Crippen LogP contribution is 2.17. The van der Waals surface area contributed by atoms with Crippen molar-refractivity contribution in [2.24, 2.45) is 0 Å². The summed E-state index contributed by atoms with van der Waals surface area (Å²) in [5.74, 6) is 0.883. The van der Waals surface area contributed by atoms with Crippen LogP contribution in [0.1, 0.15) is 22.5 Å². The summed E-state index contributed by atoms with van der Waals surface area (Å²) >= 11 is 1.72. The van der Waals surface area contributed by atoms with Crippen molar-refractivity contribution in [3.05, 3.63) is 28.0 Å². The zero-order valence-corrected chi connectivity index (χ0v) is 12.6. The highest BCUT2D eigenvalue weighted by molar-refractivity contribution is 7.11. The first-order valence-corrected chi connectivity index (χ1v) is 7.10. The molecule has 0 fully saturated rings. The van der Waals surface area contributed by atoms with Crippen LogP contribution in [-0.4, -0.2) is 34.3 Å². The summed E-state index contributed by atoms with van der Waals surface area (Å²) < 4.78 is 7.26. The fourth-order valence-electron chi connectivity index (χ4n) is 1.94. The van der Waals surface area contributed by atoms with E-state index < -0.39 is 0 Å². The second-order valence-corrected chi connectivity index (χ2v) is 6.00. The maximum atomic E-state index is 5.14. The lowest BCUT2D eigenvalue weighted by atomic mass is 10.4. The van der Waals surface area contributed by atoms with Gasteiger partial charge in [0, 0.05) is 30.4 Å². The predicted molar refractivity (Wildman–Crippen MR) is 77.9 cm³/mol. The molecular formula is C13H20N4OS. The average molecular weight is 280 g/mol. The Hall–Kier alpha value is -1.40. The number of thiazole rings is 1. The first-order chi connectivity index (χ1) is 9.08. The van der Waals surface area contributed by atoms with E-state index in [1.807, 2.05) is 20.0 Å². The molecule has 0 saturated heterocycles.